The second-order valence-corrected chi connectivity index (χ2v) is 4.82. The zero-order valence-corrected chi connectivity index (χ0v) is 11.1. The number of rotatable bonds is 3. The first-order chi connectivity index (χ1) is 8.54. The number of benzene rings is 1. The SMILES string of the molecule is COC(=O)CCc1c(C)cc2c(c1C)CCC2=O. The molecule has 0 bridgehead atoms. The molecule has 0 unspecified atom stereocenters. The first kappa shape index (κ1) is 12.8. The molecular weight excluding hydrogens is 228 g/mol. The van der Waals surface area contributed by atoms with E-state index in [0.29, 0.717) is 19.3 Å². The minimum atomic E-state index is -0.189. The summed E-state index contributed by atoms with van der Waals surface area (Å²) < 4.78 is 4.67. The largest absolute Gasteiger partial charge is 0.469 e. The molecule has 0 saturated carbocycles. The molecule has 0 N–H and O–H groups in total. The molecule has 3 heteroatoms. The Balaban J connectivity index is 2.32. The van der Waals surface area contributed by atoms with Gasteiger partial charge in [0.15, 0.2) is 5.78 Å². The Labute approximate surface area is 107 Å². The Morgan fingerprint density at radius 3 is 2.72 bits per heavy atom. The number of hydrogen-bond donors (Lipinski definition) is 0. The third kappa shape index (κ3) is 2.17. The fourth-order valence-electron chi connectivity index (χ4n) is 2.73. The van der Waals surface area contributed by atoms with Gasteiger partial charge in [-0.1, -0.05) is 0 Å². The molecule has 0 amide bonds. The molecule has 2 rings (SSSR count). The quantitative estimate of drug-likeness (QED) is 0.770. The molecular formula is C15H18O3. The van der Waals surface area contributed by atoms with Gasteiger partial charge in [0.2, 0.25) is 0 Å². The van der Waals surface area contributed by atoms with E-state index in [-0.39, 0.29) is 11.8 Å². The maximum absolute atomic E-state index is 11.7. The fraction of sp³-hybridized carbons (Fsp3) is 0.467. The average Bonchev–Trinajstić information content (AvgIpc) is 2.70. The number of fused-ring (bicyclic) bond motifs is 1. The van der Waals surface area contributed by atoms with Crippen LogP contribution in [0.3, 0.4) is 0 Å². The predicted molar refractivity (Wildman–Crippen MR) is 68.9 cm³/mol. The molecule has 1 aliphatic rings. The van der Waals surface area contributed by atoms with E-state index >= 15 is 0 Å². The minimum Gasteiger partial charge on any atom is -0.469 e. The number of carbonyl (C=O) groups excluding carboxylic acids is 2. The average molecular weight is 246 g/mol. The van der Waals surface area contributed by atoms with E-state index in [1.54, 1.807) is 0 Å². The van der Waals surface area contributed by atoms with Gasteiger partial charge in [0.1, 0.15) is 0 Å². The van der Waals surface area contributed by atoms with Crippen LogP contribution >= 0.6 is 0 Å². The minimum absolute atomic E-state index is 0.189. The highest BCUT2D eigenvalue weighted by Gasteiger charge is 2.23. The van der Waals surface area contributed by atoms with Crippen molar-refractivity contribution in [1.29, 1.82) is 0 Å². The van der Waals surface area contributed by atoms with Crippen molar-refractivity contribution in [2.45, 2.75) is 39.5 Å². The smallest absolute Gasteiger partial charge is 0.305 e. The number of Topliss-reactive ketones (excluding diaryl/α,β-unsaturated/α-hetero) is 1. The second kappa shape index (κ2) is 4.92. The van der Waals surface area contributed by atoms with Gasteiger partial charge in [-0.3, -0.25) is 9.59 Å². The van der Waals surface area contributed by atoms with Crippen LogP contribution in [0.1, 0.15) is 45.5 Å². The first-order valence-electron chi connectivity index (χ1n) is 6.26. The number of ether oxygens (including phenoxy) is 1. The lowest BCUT2D eigenvalue weighted by molar-refractivity contribution is -0.140. The summed E-state index contributed by atoms with van der Waals surface area (Å²) in [6.07, 6.45) is 2.54. The Kier molecular flexibility index (Phi) is 3.50. The second-order valence-electron chi connectivity index (χ2n) is 4.82. The number of ketones is 1. The molecule has 0 aliphatic heterocycles. The van der Waals surface area contributed by atoms with Crippen molar-refractivity contribution in [3.05, 3.63) is 33.9 Å². The third-order valence-electron chi connectivity index (χ3n) is 3.78. The molecule has 0 spiro atoms. The number of methoxy groups -OCH3 is 1. The van der Waals surface area contributed by atoms with Crippen molar-refractivity contribution in [1.82, 2.24) is 0 Å². The Morgan fingerprint density at radius 1 is 1.33 bits per heavy atom. The summed E-state index contributed by atoms with van der Waals surface area (Å²) >= 11 is 0. The number of hydrogen-bond acceptors (Lipinski definition) is 3. The van der Waals surface area contributed by atoms with Gasteiger partial charge in [0.05, 0.1) is 7.11 Å². The van der Waals surface area contributed by atoms with Crippen LogP contribution in [-0.2, 0) is 22.4 Å². The van der Waals surface area contributed by atoms with Crippen molar-refractivity contribution < 1.29 is 14.3 Å². The lowest BCUT2D eigenvalue weighted by Crippen LogP contribution is -2.06. The van der Waals surface area contributed by atoms with Gasteiger partial charge in [-0.2, -0.15) is 0 Å². The van der Waals surface area contributed by atoms with Crippen molar-refractivity contribution in [3.8, 4) is 0 Å². The van der Waals surface area contributed by atoms with Gasteiger partial charge in [-0.25, -0.2) is 0 Å². The maximum atomic E-state index is 11.7. The Hall–Kier alpha value is -1.64. The van der Waals surface area contributed by atoms with Crippen LogP contribution in [-0.4, -0.2) is 18.9 Å². The number of carbonyl (C=O) groups is 2. The monoisotopic (exact) mass is 246 g/mol. The molecule has 1 aliphatic carbocycles. The summed E-state index contributed by atoms with van der Waals surface area (Å²) in [5.41, 5.74) is 5.52. The van der Waals surface area contributed by atoms with Crippen molar-refractivity contribution in [3.63, 3.8) is 0 Å². The molecule has 96 valence electrons. The maximum Gasteiger partial charge on any atom is 0.305 e. The highest BCUT2D eigenvalue weighted by atomic mass is 16.5. The van der Waals surface area contributed by atoms with Crippen LogP contribution in [0.25, 0.3) is 0 Å². The predicted octanol–water partition coefficient (Wildman–Crippen LogP) is 2.54. The van der Waals surface area contributed by atoms with Crippen LogP contribution in [0.15, 0.2) is 6.07 Å². The van der Waals surface area contributed by atoms with E-state index in [9.17, 15) is 9.59 Å². The summed E-state index contributed by atoms with van der Waals surface area (Å²) in [5, 5.41) is 0. The number of aryl methyl sites for hydroxylation is 1. The van der Waals surface area contributed by atoms with Gasteiger partial charge in [0.25, 0.3) is 0 Å². The van der Waals surface area contributed by atoms with Gasteiger partial charge in [-0.15, -0.1) is 0 Å². The molecule has 3 nitrogen and oxygen atoms in total. The number of esters is 1. The van der Waals surface area contributed by atoms with Gasteiger partial charge < -0.3 is 4.74 Å². The molecule has 1 aromatic rings. The van der Waals surface area contributed by atoms with E-state index in [1.165, 1.54) is 23.8 Å². The molecule has 0 atom stereocenters. The Morgan fingerprint density at radius 2 is 2.06 bits per heavy atom. The topological polar surface area (TPSA) is 43.4 Å². The lowest BCUT2D eigenvalue weighted by atomic mass is 9.91. The van der Waals surface area contributed by atoms with Crippen LogP contribution in [0.5, 0.6) is 0 Å². The van der Waals surface area contributed by atoms with Gasteiger partial charge in [0, 0.05) is 18.4 Å². The van der Waals surface area contributed by atoms with Gasteiger partial charge >= 0.3 is 5.97 Å². The van der Waals surface area contributed by atoms with E-state index in [0.717, 1.165) is 17.5 Å². The standard InChI is InChI=1S/C15H18O3/c1-9-8-13-12(4-6-14(13)16)10(2)11(9)5-7-15(17)18-3/h8H,4-7H2,1-3H3. The molecule has 1 aromatic carbocycles. The van der Waals surface area contributed by atoms with Crippen molar-refractivity contribution in [2.24, 2.45) is 0 Å². The summed E-state index contributed by atoms with van der Waals surface area (Å²) in [6.45, 7) is 4.06. The van der Waals surface area contributed by atoms with Crippen molar-refractivity contribution >= 4 is 11.8 Å². The van der Waals surface area contributed by atoms with Crippen LogP contribution < -0.4 is 0 Å². The van der Waals surface area contributed by atoms with Crippen LogP contribution in [0.4, 0.5) is 0 Å². The lowest BCUT2D eigenvalue weighted by Gasteiger charge is -2.13. The molecule has 0 saturated heterocycles. The van der Waals surface area contributed by atoms with Crippen molar-refractivity contribution in [2.75, 3.05) is 7.11 Å². The normalized spacial score (nSPS) is 13.6. The van der Waals surface area contributed by atoms with E-state index in [4.69, 9.17) is 0 Å². The van der Waals surface area contributed by atoms with E-state index < -0.39 is 0 Å². The van der Waals surface area contributed by atoms with E-state index in [2.05, 4.69) is 11.7 Å². The van der Waals surface area contributed by atoms with Crippen LogP contribution in [0.2, 0.25) is 0 Å². The summed E-state index contributed by atoms with van der Waals surface area (Å²) in [4.78, 5) is 22.9. The molecule has 0 heterocycles. The van der Waals surface area contributed by atoms with E-state index in [1.807, 2.05) is 13.0 Å². The zero-order chi connectivity index (χ0) is 13.3. The van der Waals surface area contributed by atoms with Crippen LogP contribution in [0, 0.1) is 13.8 Å². The third-order valence-corrected chi connectivity index (χ3v) is 3.78. The molecule has 18 heavy (non-hydrogen) atoms. The zero-order valence-electron chi connectivity index (χ0n) is 11.1. The van der Waals surface area contributed by atoms with Gasteiger partial charge in [-0.05, 0) is 55.0 Å². The highest BCUT2D eigenvalue weighted by Crippen LogP contribution is 2.30. The summed E-state index contributed by atoms with van der Waals surface area (Å²) in [5.74, 6) is 0.0566. The Bertz CT molecular complexity index is 515. The fourth-order valence-corrected chi connectivity index (χ4v) is 2.73. The molecule has 0 aromatic heterocycles. The highest BCUT2D eigenvalue weighted by molar-refractivity contribution is 6.01. The first-order valence-corrected chi connectivity index (χ1v) is 6.26. The summed E-state index contributed by atoms with van der Waals surface area (Å²) in [7, 11) is 1.41. The summed E-state index contributed by atoms with van der Waals surface area (Å²) in [6, 6.07) is 1.98. The molecule has 0 fully saturated rings. The molecule has 0 radical (unpaired) electrons.